The maximum absolute atomic E-state index is 13.9. The van der Waals surface area contributed by atoms with Crippen molar-refractivity contribution in [1.82, 2.24) is 0 Å². The molecule has 1 unspecified atom stereocenters. The largest absolute Gasteiger partial charge is 0.503 e. The van der Waals surface area contributed by atoms with Crippen molar-refractivity contribution in [2.45, 2.75) is 17.9 Å². The van der Waals surface area contributed by atoms with Crippen molar-refractivity contribution in [2.24, 2.45) is 0 Å². The van der Waals surface area contributed by atoms with E-state index >= 15 is 0 Å². The number of hydrogen-bond donors (Lipinski definition) is 2. The van der Waals surface area contributed by atoms with Gasteiger partial charge in [-0.05, 0) is 48.4 Å². The number of carbonyl (C=O) groups is 1. The summed E-state index contributed by atoms with van der Waals surface area (Å²) in [6, 6.07) is 21.0. The van der Waals surface area contributed by atoms with Gasteiger partial charge in [-0.15, -0.1) is 0 Å². The number of para-hydroxylation sites is 1. The topological polar surface area (TPSA) is 94.9 Å². The lowest BCUT2D eigenvalue weighted by molar-refractivity contribution is 0.137. The molecule has 1 atom stereocenters. The molecule has 0 radical (unpaired) electrons. The number of anilines is 1. The van der Waals surface area contributed by atoms with Crippen molar-refractivity contribution >= 4 is 21.7 Å². The minimum atomic E-state index is -3.40. The van der Waals surface area contributed by atoms with Gasteiger partial charge in [-0.2, -0.15) is 0 Å². The molecule has 8 heteroatoms. The normalized spacial score (nSPS) is 14.8. The van der Waals surface area contributed by atoms with Crippen LogP contribution in [-0.2, 0) is 9.84 Å². The molecule has 32 heavy (non-hydrogen) atoms. The average Bonchev–Trinajstić information content (AvgIpc) is 2.76. The summed E-state index contributed by atoms with van der Waals surface area (Å²) in [7, 11) is -3.40. The average molecular weight is 456 g/mol. The first-order chi connectivity index (χ1) is 15.2. The van der Waals surface area contributed by atoms with Crippen LogP contribution in [0.3, 0.4) is 0 Å². The van der Waals surface area contributed by atoms with E-state index in [1.54, 1.807) is 54.7 Å². The predicted octanol–water partition coefficient (Wildman–Crippen LogP) is 5.58. The van der Waals surface area contributed by atoms with Crippen molar-refractivity contribution in [1.29, 1.82) is 0 Å². The Morgan fingerprint density at radius 3 is 2.31 bits per heavy atom. The molecular formula is C24H22FNO5S. The molecule has 4 rings (SSSR count). The lowest BCUT2D eigenvalue weighted by atomic mass is 9.89. The van der Waals surface area contributed by atoms with Crippen LogP contribution in [0, 0.1) is 5.82 Å². The summed E-state index contributed by atoms with van der Waals surface area (Å²) in [5.74, 6) is -0.376. The molecule has 0 fully saturated rings. The molecule has 1 heterocycles. The van der Waals surface area contributed by atoms with E-state index in [1.165, 1.54) is 6.07 Å². The first-order valence-electron chi connectivity index (χ1n) is 9.74. The third kappa shape index (κ3) is 5.15. The minimum absolute atomic E-state index is 0.0988. The second-order valence-corrected chi connectivity index (χ2v) is 9.13. The van der Waals surface area contributed by atoms with Gasteiger partial charge >= 0.3 is 6.16 Å². The van der Waals surface area contributed by atoms with E-state index in [0.29, 0.717) is 4.90 Å². The fourth-order valence-electron chi connectivity index (χ4n) is 3.63. The van der Waals surface area contributed by atoms with Gasteiger partial charge in [0.25, 0.3) is 0 Å². The van der Waals surface area contributed by atoms with E-state index in [4.69, 9.17) is 15.0 Å². The Morgan fingerprint density at radius 1 is 1.00 bits per heavy atom. The molecule has 0 saturated carbocycles. The van der Waals surface area contributed by atoms with Crippen LogP contribution in [0.25, 0.3) is 11.1 Å². The number of halogens is 1. The molecule has 3 aromatic rings. The number of nitrogens with zero attached hydrogens (tertiary/aromatic N) is 1. The van der Waals surface area contributed by atoms with E-state index < -0.39 is 16.0 Å². The standard InChI is InChI=1S/C23H20FNO2S.CH2O3/c1-17-22-16-18(24)12-13-20(22)21-10-5-6-11-23(21)25(17)14-7-15-28(26,27)19-8-3-2-4-9-19;2-1(3)4/h2-14,16-17H,15H2,1H3;(H2,2,3,4). The Hall–Kier alpha value is -3.65. The number of hydrogen-bond acceptors (Lipinski definition) is 4. The molecule has 0 aromatic heterocycles. The molecule has 0 saturated heterocycles. The fraction of sp³-hybridized carbons (Fsp3) is 0.125. The van der Waals surface area contributed by atoms with E-state index in [0.717, 1.165) is 22.4 Å². The van der Waals surface area contributed by atoms with Gasteiger partial charge in [0.05, 0.1) is 16.7 Å². The third-order valence-electron chi connectivity index (χ3n) is 5.04. The van der Waals surface area contributed by atoms with Crippen LogP contribution in [-0.4, -0.2) is 30.5 Å². The monoisotopic (exact) mass is 455 g/mol. The molecule has 2 N–H and O–H groups in total. The van der Waals surface area contributed by atoms with Crippen molar-refractivity contribution in [3.63, 3.8) is 0 Å². The minimum Gasteiger partial charge on any atom is -0.450 e. The smallest absolute Gasteiger partial charge is 0.450 e. The summed E-state index contributed by atoms with van der Waals surface area (Å²) in [5, 5.41) is 13.9. The zero-order valence-electron chi connectivity index (χ0n) is 17.2. The van der Waals surface area contributed by atoms with Crippen molar-refractivity contribution in [2.75, 3.05) is 10.7 Å². The van der Waals surface area contributed by atoms with Gasteiger partial charge < -0.3 is 15.1 Å². The van der Waals surface area contributed by atoms with Gasteiger partial charge in [0.1, 0.15) is 5.82 Å². The zero-order chi connectivity index (χ0) is 23.3. The summed E-state index contributed by atoms with van der Waals surface area (Å²) in [5.41, 5.74) is 3.87. The zero-order valence-corrected chi connectivity index (χ0v) is 18.0. The van der Waals surface area contributed by atoms with Gasteiger partial charge in [0, 0.05) is 17.5 Å². The van der Waals surface area contributed by atoms with Gasteiger partial charge in [-0.3, -0.25) is 0 Å². The Labute approximate surface area is 185 Å². The van der Waals surface area contributed by atoms with Crippen LogP contribution in [0.2, 0.25) is 0 Å². The molecular weight excluding hydrogens is 433 g/mol. The molecule has 0 aliphatic carbocycles. The first-order valence-corrected chi connectivity index (χ1v) is 11.4. The molecule has 0 bridgehead atoms. The maximum atomic E-state index is 13.9. The van der Waals surface area contributed by atoms with Crippen molar-refractivity contribution in [3.8, 4) is 11.1 Å². The Balaban J connectivity index is 0.000000668. The number of rotatable bonds is 4. The molecule has 166 valence electrons. The number of benzene rings is 3. The highest BCUT2D eigenvalue weighted by atomic mass is 32.2. The summed E-state index contributed by atoms with van der Waals surface area (Å²) in [4.78, 5) is 10.9. The van der Waals surface area contributed by atoms with Crippen LogP contribution in [0.1, 0.15) is 18.5 Å². The number of carboxylic acid groups (broad SMARTS) is 2. The van der Waals surface area contributed by atoms with Crippen LogP contribution in [0.5, 0.6) is 0 Å². The van der Waals surface area contributed by atoms with E-state index in [1.807, 2.05) is 36.1 Å². The van der Waals surface area contributed by atoms with Crippen LogP contribution >= 0.6 is 0 Å². The van der Waals surface area contributed by atoms with Crippen LogP contribution in [0.15, 0.2) is 90.0 Å². The first kappa shape index (κ1) is 23.0. The Kier molecular flexibility index (Phi) is 6.95. The Morgan fingerprint density at radius 2 is 1.62 bits per heavy atom. The second-order valence-electron chi connectivity index (χ2n) is 7.09. The van der Waals surface area contributed by atoms with E-state index in [-0.39, 0.29) is 17.6 Å². The lowest BCUT2D eigenvalue weighted by Gasteiger charge is -2.36. The van der Waals surface area contributed by atoms with Gasteiger partial charge in [0.2, 0.25) is 0 Å². The SMILES string of the molecule is CC1c2cc(F)ccc2-c2ccccc2N1C=CCS(=O)(=O)c1ccccc1.O=C(O)O. The van der Waals surface area contributed by atoms with E-state index in [9.17, 15) is 12.8 Å². The van der Waals surface area contributed by atoms with Gasteiger partial charge in [-0.1, -0.05) is 48.5 Å². The molecule has 0 amide bonds. The summed E-state index contributed by atoms with van der Waals surface area (Å²) >= 11 is 0. The van der Waals surface area contributed by atoms with Crippen LogP contribution in [0.4, 0.5) is 14.9 Å². The second kappa shape index (κ2) is 9.65. The predicted molar refractivity (Wildman–Crippen MR) is 121 cm³/mol. The van der Waals surface area contributed by atoms with Crippen molar-refractivity contribution < 1.29 is 27.8 Å². The molecule has 1 aliphatic heterocycles. The highest BCUT2D eigenvalue weighted by Gasteiger charge is 2.27. The fourth-order valence-corrected chi connectivity index (χ4v) is 4.73. The van der Waals surface area contributed by atoms with E-state index in [2.05, 4.69) is 0 Å². The molecule has 0 spiro atoms. The Bertz CT molecular complexity index is 1240. The lowest BCUT2D eigenvalue weighted by Crippen LogP contribution is -2.25. The molecule has 3 aromatic carbocycles. The van der Waals surface area contributed by atoms with Gasteiger partial charge in [-0.25, -0.2) is 17.6 Å². The third-order valence-corrected chi connectivity index (χ3v) is 6.66. The maximum Gasteiger partial charge on any atom is 0.503 e. The summed E-state index contributed by atoms with van der Waals surface area (Å²) in [6.07, 6.45) is 1.61. The van der Waals surface area contributed by atoms with Gasteiger partial charge in [0.15, 0.2) is 9.84 Å². The van der Waals surface area contributed by atoms with Crippen molar-refractivity contribution in [3.05, 3.63) is 96.5 Å². The number of sulfone groups is 1. The summed E-state index contributed by atoms with van der Waals surface area (Å²) in [6.45, 7) is 1.99. The molecule has 6 nitrogen and oxygen atoms in total. The van der Waals surface area contributed by atoms with Crippen LogP contribution < -0.4 is 4.90 Å². The quantitative estimate of drug-likeness (QED) is 0.533. The molecule has 1 aliphatic rings. The highest BCUT2D eigenvalue weighted by Crippen LogP contribution is 2.44. The summed E-state index contributed by atoms with van der Waals surface area (Å²) < 4.78 is 38.9. The highest BCUT2D eigenvalue weighted by molar-refractivity contribution is 7.91. The number of fused-ring (bicyclic) bond motifs is 3.